The van der Waals surface area contributed by atoms with E-state index >= 15 is 0 Å². The number of esters is 1. The molecule has 0 bridgehead atoms. The van der Waals surface area contributed by atoms with Gasteiger partial charge in [0.05, 0.1) is 5.56 Å². The summed E-state index contributed by atoms with van der Waals surface area (Å²) in [5, 5.41) is 0. The topological polar surface area (TPSA) is 44.8 Å². The molecule has 0 atom stereocenters. The van der Waals surface area contributed by atoms with E-state index in [9.17, 15) is 4.79 Å². The first kappa shape index (κ1) is 13.4. The smallest absolute Gasteiger partial charge is 0.338 e. The number of carbonyl (C=O) groups is 1. The maximum Gasteiger partial charge on any atom is 0.338 e. The molecule has 4 heteroatoms. The van der Waals surface area contributed by atoms with Gasteiger partial charge in [-0.05, 0) is 12.1 Å². The van der Waals surface area contributed by atoms with Gasteiger partial charge in [-0.1, -0.05) is 24.8 Å². The van der Waals surface area contributed by atoms with Crippen molar-refractivity contribution in [3.63, 3.8) is 0 Å². The van der Waals surface area contributed by atoms with Crippen molar-refractivity contribution >= 4 is 5.97 Å². The van der Waals surface area contributed by atoms with Gasteiger partial charge in [0.2, 0.25) is 0 Å². The predicted octanol–water partition coefficient (Wildman–Crippen LogP) is 2.32. The van der Waals surface area contributed by atoms with Crippen LogP contribution in [0.4, 0.5) is 0 Å². The fraction of sp³-hybridized carbons (Fsp3) is 0.308. The molecular formula is C13H16O4. The number of rotatable bonds is 6. The molecule has 92 valence electrons. The third-order valence-electron chi connectivity index (χ3n) is 2.18. The van der Waals surface area contributed by atoms with Crippen LogP contribution in [0.25, 0.3) is 0 Å². The molecule has 17 heavy (non-hydrogen) atoms. The summed E-state index contributed by atoms with van der Waals surface area (Å²) < 4.78 is 15.1. The monoisotopic (exact) mass is 236 g/mol. The Hall–Kier alpha value is -1.65. The third-order valence-corrected chi connectivity index (χ3v) is 2.18. The Morgan fingerprint density at radius 1 is 1.29 bits per heavy atom. The summed E-state index contributed by atoms with van der Waals surface area (Å²) in [7, 11) is 3.11. The van der Waals surface area contributed by atoms with E-state index in [0.29, 0.717) is 5.56 Å². The molecule has 4 nitrogen and oxygen atoms in total. The van der Waals surface area contributed by atoms with E-state index in [1.807, 2.05) is 0 Å². The minimum Gasteiger partial charge on any atom is -0.458 e. The Bertz CT molecular complexity index is 366. The minimum atomic E-state index is -0.423. The molecule has 0 aromatic heterocycles. The SMILES string of the molecule is C=CCOC(=O)c1ccc(C(OC)OC)cc1. The molecule has 0 N–H and O–H groups in total. The van der Waals surface area contributed by atoms with E-state index in [-0.39, 0.29) is 12.6 Å². The fourth-order valence-electron chi connectivity index (χ4n) is 1.36. The zero-order chi connectivity index (χ0) is 12.7. The standard InChI is InChI=1S/C13H16O4/c1-4-9-17-12(14)10-5-7-11(8-6-10)13(15-2)16-3/h4-8,13H,1,9H2,2-3H3. The van der Waals surface area contributed by atoms with E-state index in [4.69, 9.17) is 14.2 Å². The minimum absolute atomic E-state index is 0.208. The average Bonchev–Trinajstić information content (AvgIpc) is 2.38. The highest BCUT2D eigenvalue weighted by Gasteiger charge is 2.11. The van der Waals surface area contributed by atoms with Gasteiger partial charge in [-0.2, -0.15) is 0 Å². The molecule has 0 unspecified atom stereocenters. The van der Waals surface area contributed by atoms with Crippen LogP contribution in [0.5, 0.6) is 0 Å². The van der Waals surface area contributed by atoms with E-state index in [1.54, 1.807) is 38.5 Å². The van der Waals surface area contributed by atoms with Crippen molar-refractivity contribution in [2.45, 2.75) is 6.29 Å². The third kappa shape index (κ3) is 3.69. The lowest BCUT2D eigenvalue weighted by atomic mass is 10.1. The van der Waals surface area contributed by atoms with Crippen LogP contribution < -0.4 is 0 Å². The zero-order valence-electron chi connectivity index (χ0n) is 10.0. The van der Waals surface area contributed by atoms with Gasteiger partial charge in [-0.3, -0.25) is 0 Å². The molecule has 1 rings (SSSR count). The van der Waals surface area contributed by atoms with Gasteiger partial charge in [0, 0.05) is 19.8 Å². The zero-order valence-corrected chi connectivity index (χ0v) is 10.0. The summed E-state index contributed by atoms with van der Waals surface area (Å²) in [6.07, 6.45) is 1.10. The van der Waals surface area contributed by atoms with Gasteiger partial charge < -0.3 is 14.2 Å². The number of carbonyl (C=O) groups excluding carboxylic acids is 1. The number of hydrogen-bond donors (Lipinski definition) is 0. The number of hydrogen-bond acceptors (Lipinski definition) is 4. The number of benzene rings is 1. The molecule has 0 aliphatic carbocycles. The Labute approximate surface area is 101 Å². The van der Waals surface area contributed by atoms with Gasteiger partial charge in [0.15, 0.2) is 6.29 Å². The summed E-state index contributed by atoms with van der Waals surface area (Å²) in [5.41, 5.74) is 1.33. The van der Waals surface area contributed by atoms with Crippen molar-refractivity contribution in [2.24, 2.45) is 0 Å². The quantitative estimate of drug-likeness (QED) is 0.432. The summed E-state index contributed by atoms with van der Waals surface area (Å²) in [5.74, 6) is -0.372. The highest BCUT2D eigenvalue weighted by atomic mass is 16.7. The molecule has 0 aliphatic heterocycles. The molecule has 0 heterocycles. The van der Waals surface area contributed by atoms with Gasteiger partial charge in [0.1, 0.15) is 6.61 Å². The molecule has 0 radical (unpaired) electrons. The van der Waals surface area contributed by atoms with Crippen LogP contribution in [-0.2, 0) is 14.2 Å². The van der Waals surface area contributed by atoms with Crippen molar-refractivity contribution in [2.75, 3.05) is 20.8 Å². The second kappa shape index (κ2) is 6.83. The van der Waals surface area contributed by atoms with Crippen LogP contribution in [-0.4, -0.2) is 26.8 Å². The Morgan fingerprint density at radius 2 is 1.88 bits per heavy atom. The summed E-state index contributed by atoms with van der Waals surface area (Å²) >= 11 is 0. The van der Waals surface area contributed by atoms with Crippen molar-refractivity contribution in [1.82, 2.24) is 0 Å². The molecule has 1 aromatic carbocycles. The van der Waals surface area contributed by atoms with E-state index < -0.39 is 6.29 Å². The molecule has 0 spiro atoms. The lowest BCUT2D eigenvalue weighted by molar-refractivity contribution is -0.106. The van der Waals surface area contributed by atoms with Gasteiger partial charge in [0.25, 0.3) is 0 Å². The number of methoxy groups -OCH3 is 2. The first-order valence-electron chi connectivity index (χ1n) is 5.16. The Kier molecular flexibility index (Phi) is 5.39. The van der Waals surface area contributed by atoms with E-state index in [1.165, 1.54) is 6.08 Å². The number of ether oxygens (including phenoxy) is 3. The van der Waals surface area contributed by atoms with Crippen LogP contribution in [0.3, 0.4) is 0 Å². The van der Waals surface area contributed by atoms with Gasteiger partial charge in [-0.25, -0.2) is 4.79 Å². The van der Waals surface area contributed by atoms with Crippen molar-refractivity contribution < 1.29 is 19.0 Å². The Balaban J connectivity index is 2.73. The van der Waals surface area contributed by atoms with Gasteiger partial charge >= 0.3 is 5.97 Å². The molecule has 0 saturated carbocycles. The lowest BCUT2D eigenvalue weighted by Gasteiger charge is -2.13. The first-order valence-corrected chi connectivity index (χ1v) is 5.16. The molecule has 1 aromatic rings. The fourth-order valence-corrected chi connectivity index (χ4v) is 1.36. The molecule has 0 aliphatic rings. The van der Waals surface area contributed by atoms with Crippen LogP contribution in [0.15, 0.2) is 36.9 Å². The highest BCUT2D eigenvalue weighted by molar-refractivity contribution is 5.89. The van der Waals surface area contributed by atoms with E-state index in [2.05, 4.69) is 6.58 Å². The van der Waals surface area contributed by atoms with Crippen molar-refractivity contribution in [3.05, 3.63) is 48.0 Å². The summed E-state index contributed by atoms with van der Waals surface area (Å²) in [4.78, 5) is 11.5. The van der Waals surface area contributed by atoms with Crippen LogP contribution in [0.2, 0.25) is 0 Å². The van der Waals surface area contributed by atoms with Crippen molar-refractivity contribution in [3.8, 4) is 0 Å². The molecule has 0 saturated heterocycles. The maximum absolute atomic E-state index is 11.5. The Morgan fingerprint density at radius 3 is 2.35 bits per heavy atom. The van der Waals surface area contributed by atoms with Crippen LogP contribution in [0, 0.1) is 0 Å². The summed E-state index contributed by atoms with van der Waals surface area (Å²) in [6.45, 7) is 3.68. The largest absolute Gasteiger partial charge is 0.458 e. The van der Waals surface area contributed by atoms with Gasteiger partial charge in [-0.15, -0.1) is 0 Å². The first-order chi connectivity index (χ1) is 8.22. The van der Waals surface area contributed by atoms with Crippen molar-refractivity contribution in [1.29, 1.82) is 0 Å². The van der Waals surface area contributed by atoms with E-state index in [0.717, 1.165) is 5.56 Å². The lowest BCUT2D eigenvalue weighted by Crippen LogP contribution is -2.07. The van der Waals surface area contributed by atoms with Crippen LogP contribution >= 0.6 is 0 Å². The molecular weight excluding hydrogens is 220 g/mol. The van der Waals surface area contributed by atoms with Crippen LogP contribution in [0.1, 0.15) is 22.2 Å². The summed E-state index contributed by atoms with van der Waals surface area (Å²) in [6, 6.07) is 6.88. The molecule has 0 fully saturated rings. The predicted molar refractivity (Wildman–Crippen MR) is 63.7 cm³/mol. The maximum atomic E-state index is 11.5. The second-order valence-electron chi connectivity index (χ2n) is 3.31. The average molecular weight is 236 g/mol. The highest BCUT2D eigenvalue weighted by Crippen LogP contribution is 2.17. The normalized spacial score (nSPS) is 10.3. The second-order valence-corrected chi connectivity index (χ2v) is 3.31. The molecule has 0 amide bonds.